The molecule has 6 nitrogen and oxygen atoms in total. The highest BCUT2D eigenvalue weighted by Gasteiger charge is 2.19. The molecule has 0 amide bonds. The summed E-state index contributed by atoms with van der Waals surface area (Å²) >= 11 is 0. The molecule has 0 aliphatic carbocycles. The smallest absolute Gasteiger partial charge is 0.306 e. The first kappa shape index (κ1) is 58.9. The van der Waals surface area contributed by atoms with Gasteiger partial charge in [0, 0.05) is 19.3 Å². The topological polar surface area (TPSA) is 78.9 Å². The van der Waals surface area contributed by atoms with E-state index in [0.29, 0.717) is 19.3 Å². The van der Waals surface area contributed by atoms with Crippen LogP contribution in [0.4, 0.5) is 0 Å². The van der Waals surface area contributed by atoms with Crippen molar-refractivity contribution in [2.45, 2.75) is 297 Å². The number of ether oxygens (including phenoxy) is 3. The molecule has 61 heavy (non-hydrogen) atoms. The number of rotatable bonds is 49. The van der Waals surface area contributed by atoms with Gasteiger partial charge in [-0.3, -0.25) is 14.4 Å². The molecular formula is C55H102O6. The molecule has 0 saturated carbocycles. The van der Waals surface area contributed by atoms with Crippen LogP contribution in [0.15, 0.2) is 24.3 Å². The molecule has 0 bridgehead atoms. The van der Waals surface area contributed by atoms with E-state index in [1.165, 1.54) is 186 Å². The average molecular weight is 859 g/mol. The van der Waals surface area contributed by atoms with Crippen LogP contribution in [0.25, 0.3) is 0 Å². The van der Waals surface area contributed by atoms with Crippen molar-refractivity contribution in [3.8, 4) is 0 Å². The fourth-order valence-corrected chi connectivity index (χ4v) is 7.89. The minimum atomic E-state index is -0.761. The number of hydrogen-bond acceptors (Lipinski definition) is 6. The van der Waals surface area contributed by atoms with Crippen molar-refractivity contribution in [1.29, 1.82) is 0 Å². The Morgan fingerprint density at radius 1 is 0.328 bits per heavy atom. The highest BCUT2D eigenvalue weighted by atomic mass is 16.6. The Bertz CT molecular complexity index is 989. The molecule has 1 unspecified atom stereocenters. The minimum Gasteiger partial charge on any atom is -0.462 e. The van der Waals surface area contributed by atoms with Crippen LogP contribution in [0.1, 0.15) is 290 Å². The van der Waals surface area contributed by atoms with Crippen LogP contribution in [0.2, 0.25) is 0 Å². The average Bonchev–Trinajstić information content (AvgIpc) is 3.26. The van der Waals surface area contributed by atoms with Crippen LogP contribution in [0.5, 0.6) is 0 Å². The van der Waals surface area contributed by atoms with Crippen molar-refractivity contribution < 1.29 is 28.6 Å². The van der Waals surface area contributed by atoms with Crippen molar-refractivity contribution >= 4 is 17.9 Å². The van der Waals surface area contributed by atoms with Gasteiger partial charge in [0.05, 0.1) is 0 Å². The van der Waals surface area contributed by atoms with Gasteiger partial charge in [-0.2, -0.15) is 0 Å². The van der Waals surface area contributed by atoms with Crippen LogP contribution in [-0.4, -0.2) is 37.2 Å². The molecule has 0 aromatic rings. The SMILES string of the molecule is CCCCCCC/C=C\C/C=C\CCCCCCCCCCCCCCCCCC(=O)OCC(COC(=O)CCCCCCCCCC)OC(=O)CCCCCCCCCC. The maximum Gasteiger partial charge on any atom is 0.306 e. The first-order chi connectivity index (χ1) is 30.0. The highest BCUT2D eigenvalue weighted by molar-refractivity contribution is 5.71. The van der Waals surface area contributed by atoms with Gasteiger partial charge in [-0.15, -0.1) is 0 Å². The van der Waals surface area contributed by atoms with Crippen LogP contribution < -0.4 is 0 Å². The molecule has 6 heteroatoms. The Kier molecular flexibility index (Phi) is 48.8. The predicted molar refractivity (Wildman–Crippen MR) is 261 cm³/mol. The lowest BCUT2D eigenvalue weighted by molar-refractivity contribution is -0.167. The van der Waals surface area contributed by atoms with Gasteiger partial charge in [-0.25, -0.2) is 0 Å². The third kappa shape index (κ3) is 48.8. The fourth-order valence-electron chi connectivity index (χ4n) is 7.89. The van der Waals surface area contributed by atoms with Gasteiger partial charge in [0.15, 0.2) is 6.10 Å². The van der Waals surface area contributed by atoms with Crippen molar-refractivity contribution in [3.63, 3.8) is 0 Å². The van der Waals surface area contributed by atoms with Crippen LogP contribution in [0, 0.1) is 0 Å². The number of unbranched alkanes of at least 4 members (excludes halogenated alkanes) is 34. The molecular weight excluding hydrogens is 757 g/mol. The third-order valence-electron chi connectivity index (χ3n) is 12.0. The van der Waals surface area contributed by atoms with Crippen LogP contribution in [0.3, 0.4) is 0 Å². The van der Waals surface area contributed by atoms with E-state index in [2.05, 4.69) is 45.1 Å². The summed E-state index contributed by atoms with van der Waals surface area (Å²) in [6, 6.07) is 0. The van der Waals surface area contributed by atoms with Gasteiger partial charge in [0.1, 0.15) is 13.2 Å². The van der Waals surface area contributed by atoms with Crippen LogP contribution >= 0.6 is 0 Å². The largest absolute Gasteiger partial charge is 0.462 e. The molecule has 0 aromatic heterocycles. The van der Waals surface area contributed by atoms with Gasteiger partial charge in [-0.05, 0) is 51.4 Å². The summed E-state index contributed by atoms with van der Waals surface area (Å²) in [5, 5.41) is 0. The second-order valence-electron chi connectivity index (χ2n) is 18.2. The van der Waals surface area contributed by atoms with Crippen molar-refractivity contribution in [2.24, 2.45) is 0 Å². The Hall–Kier alpha value is -2.11. The zero-order valence-corrected chi connectivity index (χ0v) is 40.9. The molecule has 0 spiro atoms. The molecule has 0 heterocycles. The molecule has 1 atom stereocenters. The first-order valence-electron chi connectivity index (χ1n) is 26.8. The maximum absolute atomic E-state index is 12.7. The Labute approximate surface area is 379 Å². The lowest BCUT2D eigenvalue weighted by Crippen LogP contribution is -2.30. The number of carbonyl (C=O) groups is 3. The number of carbonyl (C=O) groups excluding carboxylic acids is 3. The molecule has 0 rings (SSSR count). The summed E-state index contributed by atoms with van der Waals surface area (Å²) in [5.74, 6) is -0.864. The first-order valence-corrected chi connectivity index (χ1v) is 26.8. The summed E-state index contributed by atoms with van der Waals surface area (Å²) < 4.78 is 16.7. The summed E-state index contributed by atoms with van der Waals surface area (Å²) in [6.45, 7) is 6.59. The second-order valence-corrected chi connectivity index (χ2v) is 18.2. The van der Waals surface area contributed by atoms with E-state index in [1.807, 2.05) is 0 Å². The molecule has 0 saturated heterocycles. The molecule has 0 aliphatic rings. The standard InChI is InChI=1S/C55H102O6/c1-4-7-10-13-16-19-20-21-22-23-24-25-26-27-28-29-30-31-32-33-34-35-36-37-40-42-45-48-54(57)60-51-52(61-55(58)49-46-43-39-18-15-12-9-6-3)50-59-53(56)47-44-41-38-17-14-11-8-5-2/h20-21,23-24,52H,4-19,22,25-51H2,1-3H3/b21-20-,24-23-. The van der Waals surface area contributed by atoms with Crippen molar-refractivity contribution in [3.05, 3.63) is 24.3 Å². The molecule has 0 radical (unpaired) electrons. The van der Waals surface area contributed by atoms with E-state index in [1.54, 1.807) is 0 Å². The maximum atomic E-state index is 12.7. The van der Waals surface area contributed by atoms with E-state index >= 15 is 0 Å². The van der Waals surface area contributed by atoms with Gasteiger partial charge in [0.25, 0.3) is 0 Å². The summed E-state index contributed by atoms with van der Waals surface area (Å²) in [6.07, 6.45) is 57.8. The number of allylic oxidation sites excluding steroid dienone is 4. The zero-order chi connectivity index (χ0) is 44.4. The van der Waals surface area contributed by atoms with E-state index in [9.17, 15) is 14.4 Å². The summed E-state index contributed by atoms with van der Waals surface area (Å²) in [7, 11) is 0. The normalized spacial score (nSPS) is 12.1. The summed E-state index contributed by atoms with van der Waals surface area (Å²) in [5.41, 5.74) is 0. The van der Waals surface area contributed by atoms with Gasteiger partial charge < -0.3 is 14.2 Å². The van der Waals surface area contributed by atoms with Crippen molar-refractivity contribution in [2.75, 3.05) is 13.2 Å². The molecule has 0 aliphatic heterocycles. The Morgan fingerprint density at radius 3 is 0.902 bits per heavy atom. The number of esters is 3. The molecule has 0 fully saturated rings. The lowest BCUT2D eigenvalue weighted by Gasteiger charge is -2.18. The van der Waals surface area contributed by atoms with E-state index in [4.69, 9.17) is 14.2 Å². The van der Waals surface area contributed by atoms with Crippen LogP contribution in [-0.2, 0) is 28.6 Å². The predicted octanol–water partition coefficient (Wildman–Crippen LogP) is 17.5. The minimum absolute atomic E-state index is 0.0668. The quantitative estimate of drug-likeness (QED) is 0.0262. The molecule has 0 N–H and O–H groups in total. The van der Waals surface area contributed by atoms with Gasteiger partial charge >= 0.3 is 17.9 Å². The fraction of sp³-hybridized carbons (Fsp3) is 0.873. The Morgan fingerprint density at radius 2 is 0.590 bits per heavy atom. The van der Waals surface area contributed by atoms with Crippen molar-refractivity contribution in [1.82, 2.24) is 0 Å². The zero-order valence-electron chi connectivity index (χ0n) is 40.9. The van der Waals surface area contributed by atoms with Gasteiger partial charge in [0.2, 0.25) is 0 Å². The third-order valence-corrected chi connectivity index (χ3v) is 12.0. The number of hydrogen-bond donors (Lipinski definition) is 0. The van der Waals surface area contributed by atoms with E-state index in [-0.39, 0.29) is 31.1 Å². The van der Waals surface area contributed by atoms with E-state index < -0.39 is 6.10 Å². The summed E-state index contributed by atoms with van der Waals surface area (Å²) in [4.78, 5) is 37.7. The highest BCUT2D eigenvalue weighted by Crippen LogP contribution is 2.16. The second kappa shape index (κ2) is 50.5. The van der Waals surface area contributed by atoms with Gasteiger partial charge in [-0.1, -0.05) is 244 Å². The Balaban J connectivity index is 3.98. The monoisotopic (exact) mass is 859 g/mol. The lowest BCUT2D eigenvalue weighted by atomic mass is 10.0. The van der Waals surface area contributed by atoms with E-state index in [0.717, 1.165) is 64.2 Å². The molecule has 358 valence electrons. The molecule has 0 aromatic carbocycles.